The molecule has 0 amide bonds. The summed E-state index contributed by atoms with van der Waals surface area (Å²) < 4.78 is 30.0. The molecular weight excluding hydrogens is 166 g/mol. The van der Waals surface area contributed by atoms with Crippen LogP contribution in [-0.2, 0) is 0 Å². The highest BCUT2D eigenvalue weighted by atomic mass is 19.2. The fourth-order valence-electron chi connectivity index (χ4n) is 0.845. The van der Waals surface area contributed by atoms with Gasteiger partial charge in [0, 0.05) is 0 Å². The fraction of sp³-hybridized carbons (Fsp3) is 0.143. The molecule has 0 aromatic heterocycles. The number of nitrogens with two attached hydrogens (primary N) is 1. The molecule has 3 N–H and O–H groups in total. The zero-order chi connectivity index (χ0) is 9.14. The van der Waals surface area contributed by atoms with E-state index >= 15 is 0 Å². The van der Waals surface area contributed by atoms with Crippen molar-refractivity contribution in [2.45, 2.75) is 0 Å². The highest BCUT2D eigenvalue weighted by Gasteiger charge is 2.12. The maximum atomic E-state index is 12.9. The molecule has 5 heteroatoms. The lowest BCUT2D eigenvalue weighted by Gasteiger charge is -2.08. The first-order chi connectivity index (χ1) is 5.70. The Morgan fingerprint density at radius 1 is 1.42 bits per heavy atom. The average Bonchev–Trinajstić information content (AvgIpc) is 2.09. The minimum Gasteiger partial charge on any atom is -0.491 e. The second-order valence-electron chi connectivity index (χ2n) is 2.09. The third kappa shape index (κ3) is 1.31. The average molecular weight is 174 g/mol. The van der Waals surface area contributed by atoms with Crippen molar-refractivity contribution in [2.75, 3.05) is 12.5 Å². The molecule has 1 aromatic rings. The van der Waals surface area contributed by atoms with E-state index in [2.05, 4.69) is 10.2 Å². The topological polar surface area (TPSA) is 47.3 Å². The van der Waals surface area contributed by atoms with Gasteiger partial charge in [0.05, 0.1) is 12.8 Å². The van der Waals surface area contributed by atoms with E-state index in [1.165, 1.54) is 13.2 Å². The summed E-state index contributed by atoms with van der Waals surface area (Å²) in [5, 5.41) is 0. The number of rotatable bonds is 2. The Balaban J connectivity index is 3.25. The number of hydrogen-bond donors (Lipinski definition) is 2. The van der Waals surface area contributed by atoms with E-state index in [-0.39, 0.29) is 11.4 Å². The molecule has 0 aliphatic carbocycles. The standard InChI is InChI=1S/C7H8F2N2O/c1-12-7-5(11-10)3-2-4(8)6(7)9/h2-3,11H,10H2,1H3. The summed E-state index contributed by atoms with van der Waals surface area (Å²) in [7, 11) is 1.23. The summed E-state index contributed by atoms with van der Waals surface area (Å²) in [4.78, 5) is 0. The Kier molecular flexibility index (Phi) is 2.44. The van der Waals surface area contributed by atoms with E-state index < -0.39 is 11.6 Å². The number of anilines is 1. The van der Waals surface area contributed by atoms with Crippen molar-refractivity contribution in [3.05, 3.63) is 23.8 Å². The molecule has 0 unspecified atom stereocenters. The summed E-state index contributed by atoms with van der Waals surface area (Å²) in [6.45, 7) is 0. The van der Waals surface area contributed by atoms with Crippen LogP contribution in [0.1, 0.15) is 0 Å². The van der Waals surface area contributed by atoms with E-state index in [0.29, 0.717) is 0 Å². The predicted octanol–water partition coefficient (Wildman–Crippen LogP) is 1.26. The number of benzene rings is 1. The minimum absolute atomic E-state index is 0.205. The van der Waals surface area contributed by atoms with Crippen molar-refractivity contribution >= 4 is 5.69 Å². The van der Waals surface area contributed by atoms with Gasteiger partial charge in [-0.1, -0.05) is 0 Å². The van der Waals surface area contributed by atoms with Gasteiger partial charge >= 0.3 is 0 Å². The maximum Gasteiger partial charge on any atom is 0.202 e. The number of ether oxygens (including phenoxy) is 1. The Labute approximate surface area is 68.1 Å². The van der Waals surface area contributed by atoms with E-state index in [9.17, 15) is 8.78 Å². The summed E-state index contributed by atoms with van der Waals surface area (Å²) in [6.07, 6.45) is 0. The summed E-state index contributed by atoms with van der Waals surface area (Å²) in [5.41, 5.74) is 2.39. The number of hydrazine groups is 1. The van der Waals surface area contributed by atoms with Crippen molar-refractivity contribution in [2.24, 2.45) is 5.84 Å². The third-order valence-corrected chi connectivity index (χ3v) is 1.41. The van der Waals surface area contributed by atoms with Gasteiger partial charge in [0.15, 0.2) is 11.6 Å². The van der Waals surface area contributed by atoms with Crippen LogP contribution in [0.15, 0.2) is 12.1 Å². The first-order valence-corrected chi connectivity index (χ1v) is 3.19. The summed E-state index contributed by atoms with van der Waals surface area (Å²) in [5.74, 6) is 2.79. The van der Waals surface area contributed by atoms with Gasteiger partial charge < -0.3 is 10.2 Å². The monoisotopic (exact) mass is 174 g/mol. The van der Waals surface area contributed by atoms with Gasteiger partial charge in [0.1, 0.15) is 0 Å². The molecule has 1 rings (SSSR count). The molecule has 0 heterocycles. The third-order valence-electron chi connectivity index (χ3n) is 1.41. The van der Waals surface area contributed by atoms with Gasteiger partial charge in [0.2, 0.25) is 5.82 Å². The zero-order valence-corrected chi connectivity index (χ0v) is 6.40. The molecule has 66 valence electrons. The number of halogens is 2. The molecule has 0 aliphatic rings. The summed E-state index contributed by atoms with van der Waals surface area (Å²) in [6, 6.07) is 2.25. The number of nitrogens with one attached hydrogen (secondary N) is 1. The normalized spacial score (nSPS) is 9.67. The Bertz CT molecular complexity index is 291. The first kappa shape index (κ1) is 8.73. The highest BCUT2D eigenvalue weighted by molar-refractivity contribution is 5.56. The first-order valence-electron chi connectivity index (χ1n) is 3.19. The number of hydrogen-bond acceptors (Lipinski definition) is 3. The molecule has 0 bridgehead atoms. The SMILES string of the molecule is COc1c(NN)ccc(F)c1F. The fourth-order valence-corrected chi connectivity index (χ4v) is 0.845. The van der Waals surface area contributed by atoms with Gasteiger partial charge in [-0.05, 0) is 12.1 Å². The van der Waals surface area contributed by atoms with Crippen LogP contribution in [0.4, 0.5) is 14.5 Å². The molecular formula is C7H8F2N2O. The number of nitrogen functional groups attached to an aromatic ring is 1. The van der Waals surface area contributed by atoms with Crippen LogP contribution >= 0.6 is 0 Å². The van der Waals surface area contributed by atoms with E-state index in [1.54, 1.807) is 0 Å². The van der Waals surface area contributed by atoms with Crippen LogP contribution in [0.25, 0.3) is 0 Å². The van der Waals surface area contributed by atoms with Crippen LogP contribution < -0.4 is 16.0 Å². The van der Waals surface area contributed by atoms with E-state index in [0.717, 1.165) is 6.07 Å². The van der Waals surface area contributed by atoms with Gasteiger partial charge in [-0.2, -0.15) is 4.39 Å². The van der Waals surface area contributed by atoms with Gasteiger partial charge in [-0.25, -0.2) is 4.39 Å². The predicted molar refractivity (Wildman–Crippen MR) is 40.7 cm³/mol. The smallest absolute Gasteiger partial charge is 0.202 e. The van der Waals surface area contributed by atoms with Gasteiger partial charge in [-0.15, -0.1) is 0 Å². The van der Waals surface area contributed by atoms with Crippen molar-refractivity contribution in [1.29, 1.82) is 0 Å². The molecule has 0 radical (unpaired) electrons. The maximum absolute atomic E-state index is 12.9. The van der Waals surface area contributed by atoms with Crippen molar-refractivity contribution in [3.8, 4) is 5.75 Å². The van der Waals surface area contributed by atoms with E-state index in [4.69, 9.17) is 5.84 Å². The molecule has 3 nitrogen and oxygen atoms in total. The second kappa shape index (κ2) is 3.36. The molecule has 0 saturated heterocycles. The van der Waals surface area contributed by atoms with Crippen molar-refractivity contribution in [1.82, 2.24) is 0 Å². The number of methoxy groups -OCH3 is 1. The van der Waals surface area contributed by atoms with Gasteiger partial charge in [-0.3, -0.25) is 5.84 Å². The zero-order valence-electron chi connectivity index (χ0n) is 6.40. The van der Waals surface area contributed by atoms with Crippen LogP contribution in [0.3, 0.4) is 0 Å². The molecule has 1 aromatic carbocycles. The van der Waals surface area contributed by atoms with Crippen LogP contribution in [0, 0.1) is 11.6 Å². The van der Waals surface area contributed by atoms with Crippen molar-refractivity contribution < 1.29 is 13.5 Å². The quantitative estimate of drug-likeness (QED) is 0.524. The van der Waals surface area contributed by atoms with Crippen LogP contribution in [-0.4, -0.2) is 7.11 Å². The largest absolute Gasteiger partial charge is 0.491 e. The van der Waals surface area contributed by atoms with Gasteiger partial charge in [0.25, 0.3) is 0 Å². The highest BCUT2D eigenvalue weighted by Crippen LogP contribution is 2.28. The Morgan fingerprint density at radius 2 is 2.08 bits per heavy atom. The van der Waals surface area contributed by atoms with Crippen LogP contribution in [0.2, 0.25) is 0 Å². The molecule has 0 saturated carbocycles. The van der Waals surface area contributed by atoms with Crippen molar-refractivity contribution in [3.63, 3.8) is 0 Å². The second-order valence-corrected chi connectivity index (χ2v) is 2.09. The van der Waals surface area contributed by atoms with E-state index in [1.807, 2.05) is 0 Å². The lowest BCUT2D eigenvalue weighted by Crippen LogP contribution is -2.09. The molecule has 0 atom stereocenters. The Hall–Kier alpha value is -1.36. The molecule has 0 fully saturated rings. The minimum atomic E-state index is -1.05. The lowest BCUT2D eigenvalue weighted by molar-refractivity contribution is 0.373. The molecule has 0 spiro atoms. The lowest BCUT2D eigenvalue weighted by atomic mass is 10.3. The van der Waals surface area contributed by atoms with Crippen LogP contribution in [0.5, 0.6) is 5.75 Å². The molecule has 12 heavy (non-hydrogen) atoms. The molecule has 0 aliphatic heterocycles. The summed E-state index contributed by atoms with van der Waals surface area (Å²) >= 11 is 0. The Morgan fingerprint density at radius 3 is 2.58 bits per heavy atom.